The minimum absolute atomic E-state index is 0.0754. The Morgan fingerprint density at radius 3 is 2.52 bits per heavy atom. The summed E-state index contributed by atoms with van der Waals surface area (Å²) in [5, 5.41) is 3.13. The molecule has 0 saturated carbocycles. The highest BCUT2D eigenvalue weighted by Crippen LogP contribution is 2.20. The minimum atomic E-state index is 0.0754. The van der Waals surface area contributed by atoms with E-state index in [0.717, 1.165) is 32.6 Å². The third kappa shape index (κ3) is 4.67. The fraction of sp³-hybridized carbons (Fsp3) is 0.667. The first-order valence-electron chi connectivity index (χ1n) is 8.72. The summed E-state index contributed by atoms with van der Waals surface area (Å²) in [6.07, 6.45) is 4.81. The third-order valence-electron chi connectivity index (χ3n) is 5.16. The lowest BCUT2D eigenvalue weighted by molar-refractivity contribution is 0.111. The highest BCUT2D eigenvalue weighted by atomic mass is 16.2. The number of aromatic nitrogens is 1. The third-order valence-corrected chi connectivity index (χ3v) is 5.16. The van der Waals surface area contributed by atoms with E-state index in [0.29, 0.717) is 12.0 Å². The number of piperazine rings is 1. The van der Waals surface area contributed by atoms with Crippen molar-refractivity contribution >= 4 is 6.03 Å². The fourth-order valence-electron chi connectivity index (χ4n) is 2.93. The molecule has 0 radical (unpaired) electrons. The van der Waals surface area contributed by atoms with Gasteiger partial charge in [0, 0.05) is 50.7 Å². The number of nitrogens with one attached hydrogen (secondary N) is 1. The van der Waals surface area contributed by atoms with E-state index in [1.165, 1.54) is 5.56 Å². The van der Waals surface area contributed by atoms with Crippen LogP contribution in [0.2, 0.25) is 0 Å². The first kappa shape index (κ1) is 17.7. The highest BCUT2D eigenvalue weighted by Gasteiger charge is 2.25. The molecule has 5 nitrogen and oxygen atoms in total. The van der Waals surface area contributed by atoms with Gasteiger partial charge in [-0.25, -0.2) is 4.79 Å². The van der Waals surface area contributed by atoms with Gasteiger partial charge in [-0.1, -0.05) is 26.3 Å². The molecule has 1 aliphatic rings. The summed E-state index contributed by atoms with van der Waals surface area (Å²) < 4.78 is 0. The van der Waals surface area contributed by atoms with Crippen LogP contribution in [0.1, 0.15) is 45.7 Å². The zero-order chi connectivity index (χ0) is 16.8. The number of hydrogen-bond donors (Lipinski definition) is 1. The van der Waals surface area contributed by atoms with Crippen LogP contribution in [0.25, 0.3) is 0 Å². The van der Waals surface area contributed by atoms with E-state index in [4.69, 9.17) is 0 Å². The molecule has 0 spiro atoms. The smallest absolute Gasteiger partial charge is 0.317 e. The van der Waals surface area contributed by atoms with Crippen LogP contribution in [-0.4, -0.2) is 53.0 Å². The number of amides is 2. The molecule has 0 aromatic carbocycles. The van der Waals surface area contributed by atoms with Crippen molar-refractivity contribution in [3.8, 4) is 0 Å². The van der Waals surface area contributed by atoms with Crippen LogP contribution in [0.4, 0.5) is 4.79 Å². The van der Waals surface area contributed by atoms with Gasteiger partial charge in [-0.15, -0.1) is 0 Å². The average Bonchev–Trinajstić information content (AvgIpc) is 2.61. The van der Waals surface area contributed by atoms with Crippen LogP contribution >= 0.6 is 0 Å². The van der Waals surface area contributed by atoms with Crippen LogP contribution in [0.5, 0.6) is 0 Å². The Labute approximate surface area is 140 Å². The lowest BCUT2D eigenvalue weighted by Gasteiger charge is -2.38. The first-order chi connectivity index (χ1) is 11.0. The molecule has 0 bridgehead atoms. The van der Waals surface area contributed by atoms with Crippen molar-refractivity contribution in [1.29, 1.82) is 0 Å². The Balaban J connectivity index is 1.82. The van der Waals surface area contributed by atoms with Crippen LogP contribution in [0.3, 0.4) is 0 Å². The second-order valence-corrected chi connectivity index (χ2v) is 6.61. The van der Waals surface area contributed by atoms with Crippen LogP contribution in [-0.2, 0) is 0 Å². The summed E-state index contributed by atoms with van der Waals surface area (Å²) >= 11 is 0. The van der Waals surface area contributed by atoms with Gasteiger partial charge in [0.05, 0.1) is 0 Å². The Hall–Kier alpha value is -1.62. The number of hydrogen-bond acceptors (Lipinski definition) is 3. The van der Waals surface area contributed by atoms with Crippen molar-refractivity contribution in [2.45, 2.75) is 46.2 Å². The Morgan fingerprint density at radius 1 is 1.26 bits per heavy atom. The second-order valence-electron chi connectivity index (χ2n) is 6.61. The van der Waals surface area contributed by atoms with E-state index >= 15 is 0 Å². The van der Waals surface area contributed by atoms with Gasteiger partial charge in [0.1, 0.15) is 0 Å². The average molecular weight is 318 g/mol. The molecule has 0 unspecified atom stereocenters. The first-order valence-corrected chi connectivity index (χ1v) is 8.72. The highest BCUT2D eigenvalue weighted by molar-refractivity contribution is 5.74. The van der Waals surface area contributed by atoms with Gasteiger partial charge < -0.3 is 10.2 Å². The van der Waals surface area contributed by atoms with Gasteiger partial charge in [-0.3, -0.25) is 9.88 Å². The Kier molecular flexibility index (Phi) is 6.39. The molecule has 2 amide bonds. The molecule has 0 aliphatic carbocycles. The summed E-state index contributed by atoms with van der Waals surface area (Å²) in [4.78, 5) is 20.9. The maximum Gasteiger partial charge on any atom is 0.317 e. The van der Waals surface area contributed by atoms with Gasteiger partial charge in [0.25, 0.3) is 0 Å². The molecule has 1 aromatic rings. The molecule has 1 N–H and O–H groups in total. The van der Waals surface area contributed by atoms with Crippen molar-refractivity contribution < 1.29 is 4.79 Å². The summed E-state index contributed by atoms with van der Waals surface area (Å²) in [5.74, 6) is 0.505. The van der Waals surface area contributed by atoms with Crippen LogP contribution in [0.15, 0.2) is 24.5 Å². The molecule has 3 atom stereocenters. The van der Waals surface area contributed by atoms with Crippen molar-refractivity contribution in [1.82, 2.24) is 20.1 Å². The topological polar surface area (TPSA) is 48.5 Å². The van der Waals surface area contributed by atoms with Crippen molar-refractivity contribution in [3.05, 3.63) is 30.1 Å². The molecule has 128 valence electrons. The molecule has 1 saturated heterocycles. The molecule has 2 heterocycles. The standard InChI is InChI=1S/C18H30N4O/c1-5-14(2)15(3)20-18(23)22-11-9-21(10-12-22)16(4)17-7-6-8-19-13-17/h6-8,13-16H,5,9-12H2,1-4H3,(H,20,23)/t14-,15+,16-/m0/s1. The van der Waals surface area contributed by atoms with Gasteiger partial charge >= 0.3 is 6.03 Å². The summed E-state index contributed by atoms with van der Waals surface area (Å²) in [6.45, 7) is 12.0. The monoisotopic (exact) mass is 318 g/mol. The van der Waals surface area contributed by atoms with E-state index in [9.17, 15) is 4.79 Å². The molecule has 1 aromatic heterocycles. The SMILES string of the molecule is CC[C@H](C)[C@@H](C)NC(=O)N1CCN([C@@H](C)c2cccnc2)CC1. The number of pyridine rings is 1. The molecule has 23 heavy (non-hydrogen) atoms. The van der Waals surface area contributed by atoms with E-state index in [-0.39, 0.29) is 12.1 Å². The van der Waals surface area contributed by atoms with Gasteiger partial charge in [-0.05, 0) is 31.4 Å². The van der Waals surface area contributed by atoms with Crippen molar-refractivity contribution in [2.24, 2.45) is 5.92 Å². The van der Waals surface area contributed by atoms with Crippen molar-refractivity contribution in [3.63, 3.8) is 0 Å². The van der Waals surface area contributed by atoms with Gasteiger partial charge in [-0.2, -0.15) is 0 Å². The quantitative estimate of drug-likeness (QED) is 0.908. The molecule has 1 aliphatic heterocycles. The number of carbonyl (C=O) groups excluding carboxylic acids is 1. The van der Waals surface area contributed by atoms with E-state index in [1.807, 2.05) is 17.2 Å². The Bertz CT molecular complexity index is 485. The fourth-order valence-corrected chi connectivity index (χ4v) is 2.93. The predicted molar refractivity (Wildman–Crippen MR) is 93.2 cm³/mol. The number of rotatable bonds is 5. The summed E-state index contributed by atoms with van der Waals surface area (Å²) in [6, 6.07) is 4.73. The number of nitrogens with zero attached hydrogens (tertiary/aromatic N) is 3. The maximum atomic E-state index is 12.4. The minimum Gasteiger partial charge on any atom is -0.335 e. The molecular weight excluding hydrogens is 288 g/mol. The van der Waals surface area contributed by atoms with Crippen LogP contribution in [0, 0.1) is 5.92 Å². The van der Waals surface area contributed by atoms with Gasteiger partial charge in [0.15, 0.2) is 0 Å². The maximum absolute atomic E-state index is 12.4. The lowest BCUT2D eigenvalue weighted by Crippen LogP contribution is -2.54. The molecular formula is C18H30N4O. The van der Waals surface area contributed by atoms with Crippen LogP contribution < -0.4 is 5.32 Å². The van der Waals surface area contributed by atoms with Crippen molar-refractivity contribution in [2.75, 3.05) is 26.2 Å². The zero-order valence-electron chi connectivity index (χ0n) is 14.8. The van der Waals surface area contributed by atoms with E-state index in [2.05, 4.69) is 49.0 Å². The number of urea groups is 1. The molecule has 5 heteroatoms. The van der Waals surface area contributed by atoms with E-state index < -0.39 is 0 Å². The second kappa shape index (κ2) is 8.29. The van der Waals surface area contributed by atoms with Gasteiger partial charge in [0.2, 0.25) is 0 Å². The normalized spacial score (nSPS) is 19.9. The zero-order valence-corrected chi connectivity index (χ0v) is 14.8. The van der Waals surface area contributed by atoms with E-state index in [1.54, 1.807) is 6.20 Å². The number of carbonyl (C=O) groups is 1. The summed E-state index contributed by atoms with van der Waals surface area (Å²) in [5.41, 5.74) is 1.23. The molecule has 2 rings (SSSR count). The molecule has 1 fully saturated rings. The summed E-state index contributed by atoms with van der Waals surface area (Å²) in [7, 11) is 0. The largest absolute Gasteiger partial charge is 0.335 e. The Morgan fingerprint density at radius 2 is 1.96 bits per heavy atom. The predicted octanol–water partition coefficient (Wildman–Crippen LogP) is 2.90. The lowest BCUT2D eigenvalue weighted by atomic mass is 10.0.